The van der Waals surface area contributed by atoms with Gasteiger partial charge < -0.3 is 24.6 Å². The van der Waals surface area contributed by atoms with Crippen molar-refractivity contribution in [3.63, 3.8) is 0 Å². The van der Waals surface area contributed by atoms with Crippen LogP contribution < -0.4 is 4.74 Å². The molecule has 0 saturated carbocycles. The number of nitrogens with zero attached hydrogens (tertiary/aromatic N) is 2. The summed E-state index contributed by atoms with van der Waals surface area (Å²) in [6.07, 6.45) is 0. The smallest absolute Gasteiger partial charge is 0.295 e. The average Bonchev–Trinajstić information content (AvgIpc) is 3.08. The molecule has 0 radical (unpaired) electrons. The molecule has 4 rings (SSSR count). The largest absolute Gasteiger partial charge is 0.508 e. The molecule has 1 amide bonds. The molecule has 0 aromatic heterocycles. The summed E-state index contributed by atoms with van der Waals surface area (Å²) in [5.74, 6) is -0.877. The van der Waals surface area contributed by atoms with Crippen molar-refractivity contribution < 1.29 is 29.3 Å². The van der Waals surface area contributed by atoms with Crippen molar-refractivity contribution in [1.82, 2.24) is 9.80 Å². The maximum atomic E-state index is 13.1. The van der Waals surface area contributed by atoms with Crippen molar-refractivity contribution in [2.75, 3.05) is 46.5 Å². The van der Waals surface area contributed by atoms with Crippen molar-refractivity contribution in [3.8, 4) is 11.5 Å². The van der Waals surface area contributed by atoms with Crippen LogP contribution in [0.5, 0.6) is 11.5 Å². The third kappa shape index (κ3) is 4.58. The Labute approximate surface area is 192 Å². The van der Waals surface area contributed by atoms with E-state index in [0.717, 1.165) is 18.7 Å². The minimum atomic E-state index is -0.756. The van der Waals surface area contributed by atoms with Gasteiger partial charge in [-0.2, -0.15) is 0 Å². The highest BCUT2D eigenvalue weighted by Crippen LogP contribution is 2.40. The van der Waals surface area contributed by atoms with Crippen LogP contribution in [0.3, 0.4) is 0 Å². The van der Waals surface area contributed by atoms with E-state index in [2.05, 4.69) is 4.90 Å². The lowest BCUT2D eigenvalue weighted by Gasteiger charge is -2.31. The number of rotatable bonds is 6. The standard InChI is InChI=1S/C25H28N2O6/c1-16-15-19(32-2)7-8-20(16)23(29)21-22(17-3-5-18(28)6-4-17)27(25(31)24(21)30)10-9-26-11-13-33-14-12-26/h3-8,15,22,28-29H,9-14H2,1-2H3/b23-21-. The molecule has 1 unspecified atom stereocenters. The summed E-state index contributed by atoms with van der Waals surface area (Å²) in [6, 6.07) is 10.7. The predicted octanol–water partition coefficient (Wildman–Crippen LogP) is 2.46. The number of morpholine rings is 1. The van der Waals surface area contributed by atoms with E-state index in [4.69, 9.17) is 9.47 Å². The van der Waals surface area contributed by atoms with Crippen LogP contribution in [0.25, 0.3) is 5.76 Å². The first-order valence-electron chi connectivity index (χ1n) is 10.9. The molecule has 2 aromatic rings. The Balaban J connectivity index is 1.75. The van der Waals surface area contributed by atoms with Gasteiger partial charge in [-0.3, -0.25) is 14.5 Å². The fourth-order valence-corrected chi connectivity index (χ4v) is 4.36. The summed E-state index contributed by atoms with van der Waals surface area (Å²) >= 11 is 0. The second-order valence-electron chi connectivity index (χ2n) is 8.22. The van der Waals surface area contributed by atoms with Gasteiger partial charge >= 0.3 is 0 Å². The SMILES string of the molecule is COc1ccc(/C(O)=C2/C(=O)C(=O)N(CCN3CCOCC3)C2c2ccc(O)cc2)c(C)c1. The van der Waals surface area contributed by atoms with E-state index in [9.17, 15) is 19.8 Å². The van der Waals surface area contributed by atoms with Crippen LogP contribution in [-0.4, -0.2) is 78.2 Å². The molecule has 0 aliphatic carbocycles. The van der Waals surface area contributed by atoms with Crippen molar-refractivity contribution in [2.45, 2.75) is 13.0 Å². The molecule has 174 valence electrons. The summed E-state index contributed by atoms with van der Waals surface area (Å²) in [4.78, 5) is 29.9. The lowest BCUT2D eigenvalue weighted by Crippen LogP contribution is -2.42. The van der Waals surface area contributed by atoms with E-state index in [0.29, 0.717) is 43.2 Å². The third-order valence-electron chi connectivity index (χ3n) is 6.20. The number of likely N-dealkylation sites (tertiary alicyclic amines) is 1. The Morgan fingerprint density at radius 3 is 2.42 bits per heavy atom. The Hall–Kier alpha value is -3.36. The van der Waals surface area contributed by atoms with Crippen molar-refractivity contribution in [3.05, 3.63) is 64.7 Å². The van der Waals surface area contributed by atoms with Gasteiger partial charge in [-0.05, 0) is 48.4 Å². The molecular weight excluding hydrogens is 424 g/mol. The number of ether oxygens (including phenoxy) is 2. The molecule has 2 fully saturated rings. The van der Waals surface area contributed by atoms with Gasteiger partial charge in [0.2, 0.25) is 0 Å². The zero-order valence-corrected chi connectivity index (χ0v) is 18.8. The van der Waals surface area contributed by atoms with Crippen LogP contribution in [0, 0.1) is 6.92 Å². The minimum absolute atomic E-state index is 0.0425. The lowest BCUT2D eigenvalue weighted by atomic mass is 9.94. The van der Waals surface area contributed by atoms with E-state index < -0.39 is 17.7 Å². The minimum Gasteiger partial charge on any atom is -0.508 e. The Morgan fingerprint density at radius 1 is 1.09 bits per heavy atom. The number of hydrogen-bond donors (Lipinski definition) is 2. The number of aliphatic hydroxyl groups excluding tert-OH is 1. The first-order valence-corrected chi connectivity index (χ1v) is 10.9. The summed E-state index contributed by atoms with van der Waals surface area (Å²) < 4.78 is 10.6. The first kappa shape index (κ1) is 22.8. The lowest BCUT2D eigenvalue weighted by molar-refractivity contribution is -0.140. The van der Waals surface area contributed by atoms with Crippen molar-refractivity contribution >= 4 is 17.4 Å². The molecule has 2 aliphatic heterocycles. The zero-order chi connectivity index (χ0) is 23.5. The van der Waals surface area contributed by atoms with Gasteiger partial charge in [-0.1, -0.05) is 12.1 Å². The van der Waals surface area contributed by atoms with Crippen molar-refractivity contribution in [2.24, 2.45) is 0 Å². The Morgan fingerprint density at radius 2 is 1.79 bits per heavy atom. The number of amides is 1. The van der Waals surface area contributed by atoms with Gasteiger partial charge in [0.1, 0.15) is 17.3 Å². The Kier molecular flexibility index (Phi) is 6.67. The number of carbonyl (C=O) groups is 2. The van der Waals surface area contributed by atoms with E-state index >= 15 is 0 Å². The number of Topliss-reactive ketones (excluding diaryl/α,β-unsaturated/α-hetero) is 1. The van der Waals surface area contributed by atoms with E-state index in [-0.39, 0.29) is 17.1 Å². The zero-order valence-electron chi connectivity index (χ0n) is 18.8. The number of methoxy groups -OCH3 is 1. The molecule has 8 heteroatoms. The highest BCUT2D eigenvalue weighted by Gasteiger charge is 2.46. The van der Waals surface area contributed by atoms with Crippen LogP contribution in [-0.2, 0) is 14.3 Å². The van der Waals surface area contributed by atoms with E-state index in [1.165, 1.54) is 17.0 Å². The normalized spacial score (nSPS) is 20.9. The van der Waals surface area contributed by atoms with E-state index in [1.54, 1.807) is 37.4 Å². The fraction of sp³-hybridized carbons (Fsp3) is 0.360. The number of hydrogen-bond acceptors (Lipinski definition) is 7. The molecule has 8 nitrogen and oxygen atoms in total. The molecule has 2 heterocycles. The number of benzene rings is 2. The Bertz CT molecular complexity index is 1070. The van der Waals surface area contributed by atoms with Gasteiger partial charge in [-0.15, -0.1) is 0 Å². The molecule has 0 spiro atoms. The number of carbonyl (C=O) groups excluding carboxylic acids is 2. The van der Waals surface area contributed by atoms with Crippen LogP contribution in [0.2, 0.25) is 0 Å². The molecule has 1 atom stereocenters. The fourth-order valence-electron chi connectivity index (χ4n) is 4.36. The number of phenols is 1. The number of ketones is 1. The maximum Gasteiger partial charge on any atom is 0.295 e. The summed E-state index contributed by atoms with van der Waals surface area (Å²) in [6.45, 7) is 5.52. The van der Waals surface area contributed by atoms with Crippen LogP contribution in [0.15, 0.2) is 48.0 Å². The van der Waals surface area contributed by atoms with Gasteiger partial charge in [0.25, 0.3) is 11.7 Å². The van der Waals surface area contributed by atoms with Crippen LogP contribution in [0.4, 0.5) is 0 Å². The highest BCUT2D eigenvalue weighted by molar-refractivity contribution is 6.46. The van der Waals surface area contributed by atoms with E-state index in [1.807, 2.05) is 6.92 Å². The predicted molar refractivity (Wildman–Crippen MR) is 122 cm³/mol. The molecule has 2 N–H and O–H groups in total. The van der Waals surface area contributed by atoms with Crippen LogP contribution in [0.1, 0.15) is 22.7 Å². The van der Waals surface area contributed by atoms with Crippen molar-refractivity contribution in [1.29, 1.82) is 0 Å². The molecule has 33 heavy (non-hydrogen) atoms. The molecule has 0 bridgehead atoms. The van der Waals surface area contributed by atoms with Gasteiger partial charge in [0.05, 0.1) is 31.9 Å². The van der Waals surface area contributed by atoms with Gasteiger partial charge in [-0.25, -0.2) is 0 Å². The quantitative estimate of drug-likeness (QED) is 0.395. The molecule has 2 aromatic carbocycles. The summed E-state index contributed by atoms with van der Waals surface area (Å²) in [5.41, 5.74) is 1.87. The second kappa shape index (κ2) is 9.64. The number of phenolic OH excluding ortho intramolecular Hbond substituents is 1. The molecule has 2 saturated heterocycles. The monoisotopic (exact) mass is 452 g/mol. The molecular formula is C25H28N2O6. The number of aryl methyl sites for hydroxylation is 1. The maximum absolute atomic E-state index is 13.1. The summed E-state index contributed by atoms with van der Waals surface area (Å²) in [5, 5.41) is 21.0. The number of aliphatic hydroxyl groups is 1. The number of aromatic hydroxyl groups is 1. The second-order valence-corrected chi connectivity index (χ2v) is 8.22. The topological polar surface area (TPSA) is 99.5 Å². The first-order chi connectivity index (χ1) is 15.9. The average molecular weight is 453 g/mol. The van der Waals surface area contributed by atoms with Crippen LogP contribution >= 0.6 is 0 Å². The van der Waals surface area contributed by atoms with Gasteiger partial charge in [0, 0.05) is 31.7 Å². The summed E-state index contributed by atoms with van der Waals surface area (Å²) in [7, 11) is 1.55. The molecule has 2 aliphatic rings. The van der Waals surface area contributed by atoms with Gasteiger partial charge in [0.15, 0.2) is 0 Å². The highest BCUT2D eigenvalue weighted by atomic mass is 16.5. The third-order valence-corrected chi connectivity index (χ3v) is 6.20.